The first-order valence-corrected chi connectivity index (χ1v) is 20.1. The van der Waals surface area contributed by atoms with Crippen molar-refractivity contribution in [1.82, 2.24) is 0 Å². The van der Waals surface area contributed by atoms with E-state index in [0.29, 0.717) is 0 Å². The van der Waals surface area contributed by atoms with Crippen molar-refractivity contribution in [2.45, 2.75) is 69.6 Å². The van der Waals surface area contributed by atoms with E-state index in [2.05, 4.69) is 199 Å². The van der Waals surface area contributed by atoms with Crippen molar-refractivity contribution < 1.29 is 0 Å². The predicted molar refractivity (Wildman–Crippen MR) is 230 cm³/mol. The van der Waals surface area contributed by atoms with Crippen molar-refractivity contribution in [3.05, 3.63) is 167 Å². The summed E-state index contributed by atoms with van der Waals surface area (Å²) in [6.07, 6.45) is 2.19. The zero-order valence-electron chi connectivity index (χ0n) is 32.1. The number of fused-ring (bicyclic) bond motifs is 7. The molecule has 53 heavy (non-hydrogen) atoms. The normalized spacial score (nSPS) is 14.8. The lowest BCUT2D eigenvalue weighted by Gasteiger charge is -2.40. The Morgan fingerprint density at radius 3 is 1.57 bits per heavy atom. The summed E-state index contributed by atoms with van der Waals surface area (Å²) in [7, 11) is 0. The molecule has 0 radical (unpaired) electrons. The Kier molecular flexibility index (Phi) is 7.63. The fourth-order valence-electron chi connectivity index (χ4n) is 9.77. The van der Waals surface area contributed by atoms with Gasteiger partial charge in [-0.25, -0.2) is 0 Å². The highest BCUT2D eigenvalue weighted by atomic mass is 32.2. The van der Waals surface area contributed by atoms with Gasteiger partial charge in [0.05, 0.1) is 17.1 Å². The highest BCUT2D eigenvalue weighted by molar-refractivity contribution is 7.98. The lowest BCUT2D eigenvalue weighted by atomic mass is 9.70. The molecule has 0 atom stereocenters. The minimum atomic E-state index is -0.268. The number of thioether (sulfide) groups is 1. The van der Waals surface area contributed by atoms with Gasteiger partial charge in [0.25, 0.3) is 0 Å². The van der Waals surface area contributed by atoms with Crippen LogP contribution in [-0.2, 0) is 16.2 Å². The molecule has 0 saturated carbocycles. The molecule has 1 nitrogen and oxygen atoms in total. The lowest BCUT2D eigenvalue weighted by Crippen LogP contribution is -2.28. The molecule has 0 heterocycles. The molecule has 2 aliphatic rings. The Balaban J connectivity index is 1.55. The lowest BCUT2D eigenvalue weighted by molar-refractivity contribution is 0.587. The fourth-order valence-corrected chi connectivity index (χ4v) is 10.4. The molecule has 0 spiro atoms. The van der Waals surface area contributed by atoms with Gasteiger partial charge in [0, 0.05) is 26.7 Å². The first kappa shape index (κ1) is 33.8. The van der Waals surface area contributed by atoms with Crippen molar-refractivity contribution in [2.75, 3.05) is 11.2 Å². The van der Waals surface area contributed by atoms with Crippen molar-refractivity contribution in [3.63, 3.8) is 0 Å². The van der Waals surface area contributed by atoms with Crippen LogP contribution in [0.25, 0.3) is 44.2 Å². The number of benzene rings is 7. The van der Waals surface area contributed by atoms with Crippen molar-refractivity contribution in [2.24, 2.45) is 0 Å². The summed E-state index contributed by atoms with van der Waals surface area (Å²) >= 11 is 1.81. The summed E-state index contributed by atoms with van der Waals surface area (Å²) in [6.45, 7) is 17.1. The van der Waals surface area contributed by atoms with E-state index in [1.165, 1.54) is 93.9 Å². The Hall–Kier alpha value is -5.05. The van der Waals surface area contributed by atoms with Crippen LogP contribution in [0.4, 0.5) is 17.1 Å². The number of hydrogen-bond acceptors (Lipinski definition) is 2. The molecule has 7 aromatic carbocycles. The van der Waals surface area contributed by atoms with E-state index in [1.807, 2.05) is 11.8 Å². The maximum atomic E-state index is 2.68. The second-order valence-electron chi connectivity index (χ2n) is 16.9. The minimum Gasteiger partial charge on any atom is -0.309 e. The molecule has 0 fully saturated rings. The van der Waals surface area contributed by atoms with E-state index >= 15 is 0 Å². The summed E-state index contributed by atoms with van der Waals surface area (Å²) in [5, 5.41) is 2.48. The van der Waals surface area contributed by atoms with E-state index in [0.717, 1.165) is 0 Å². The number of rotatable bonds is 5. The quantitative estimate of drug-likeness (QED) is 0.164. The second kappa shape index (κ2) is 12.0. The summed E-state index contributed by atoms with van der Waals surface area (Å²) in [5.41, 5.74) is 18.2. The largest absolute Gasteiger partial charge is 0.309 e. The molecule has 0 aromatic heterocycles. The van der Waals surface area contributed by atoms with E-state index in [4.69, 9.17) is 0 Å². The van der Waals surface area contributed by atoms with E-state index in [9.17, 15) is 0 Å². The zero-order valence-corrected chi connectivity index (χ0v) is 33.0. The van der Waals surface area contributed by atoms with E-state index < -0.39 is 0 Å². The molecule has 0 bridgehead atoms. The van der Waals surface area contributed by atoms with Crippen LogP contribution in [0.2, 0.25) is 0 Å². The van der Waals surface area contributed by atoms with Gasteiger partial charge in [-0.1, -0.05) is 170 Å². The van der Waals surface area contributed by atoms with Crippen molar-refractivity contribution in [1.29, 1.82) is 0 Å². The van der Waals surface area contributed by atoms with E-state index in [1.54, 1.807) is 0 Å². The highest BCUT2D eigenvalue weighted by Crippen LogP contribution is 2.66. The molecule has 2 heteroatoms. The van der Waals surface area contributed by atoms with Crippen LogP contribution in [0.1, 0.15) is 76.3 Å². The number of anilines is 3. The summed E-state index contributed by atoms with van der Waals surface area (Å²) in [6, 6.07) is 52.2. The van der Waals surface area contributed by atoms with Crippen LogP contribution in [0.5, 0.6) is 0 Å². The third-order valence-corrected chi connectivity index (χ3v) is 12.8. The molecule has 2 aliphatic carbocycles. The number of para-hydroxylation sites is 1. The Morgan fingerprint density at radius 1 is 0.491 bits per heavy atom. The molecule has 0 unspecified atom stereocenters. The molecule has 0 amide bonds. The first-order valence-electron chi connectivity index (χ1n) is 18.9. The molecule has 7 aromatic rings. The van der Waals surface area contributed by atoms with Gasteiger partial charge in [0.15, 0.2) is 0 Å². The fraction of sp³-hybridized carbons (Fsp3) is 0.216. The van der Waals surface area contributed by atoms with Crippen LogP contribution < -0.4 is 4.90 Å². The number of hydrogen-bond donors (Lipinski definition) is 0. The van der Waals surface area contributed by atoms with Gasteiger partial charge >= 0.3 is 0 Å². The average Bonchev–Trinajstić information content (AvgIpc) is 3.54. The smallest absolute Gasteiger partial charge is 0.0556 e. The predicted octanol–water partition coefficient (Wildman–Crippen LogP) is 14.6. The molecule has 0 aliphatic heterocycles. The molecule has 9 rings (SSSR count). The first-order chi connectivity index (χ1) is 25.5. The Bertz CT molecular complexity index is 2510. The summed E-state index contributed by atoms with van der Waals surface area (Å²) in [5.74, 6) is 0. The third kappa shape index (κ3) is 4.84. The van der Waals surface area contributed by atoms with Gasteiger partial charge < -0.3 is 4.90 Å². The van der Waals surface area contributed by atoms with Crippen LogP contribution in [0, 0.1) is 0 Å². The van der Waals surface area contributed by atoms with Gasteiger partial charge in [-0.3, -0.25) is 0 Å². The van der Waals surface area contributed by atoms with Gasteiger partial charge in [-0.15, -0.1) is 11.8 Å². The topological polar surface area (TPSA) is 3.24 Å². The van der Waals surface area contributed by atoms with Crippen LogP contribution in [0.15, 0.2) is 144 Å². The highest BCUT2D eigenvalue weighted by Gasteiger charge is 2.50. The third-order valence-electron chi connectivity index (χ3n) is 12.0. The maximum Gasteiger partial charge on any atom is 0.0556 e. The standard InChI is InChI=1S/C51H47NS/c1-49(2,3)45-43-36-25-11-15-27-38(36)50(4,5)46(43)48(47-44(45)37-26-12-16-28-39(37)51(47,6)7)52(40-30-19-21-32-20-9-10-22-33(32)40)41-29-17-13-23-34(41)35-24-14-18-31-42(35)53-8/h9-31H,1-8H3. The Morgan fingerprint density at radius 2 is 0.962 bits per heavy atom. The molecule has 0 saturated heterocycles. The monoisotopic (exact) mass is 705 g/mol. The van der Waals surface area contributed by atoms with Crippen LogP contribution >= 0.6 is 11.8 Å². The molecule has 0 N–H and O–H groups in total. The maximum absolute atomic E-state index is 2.68. The zero-order chi connectivity index (χ0) is 36.9. The second-order valence-corrected chi connectivity index (χ2v) is 17.7. The van der Waals surface area contributed by atoms with Gasteiger partial charge in [0.2, 0.25) is 0 Å². The summed E-state index contributed by atoms with van der Waals surface area (Å²) in [4.78, 5) is 3.96. The minimum absolute atomic E-state index is 0.118. The SMILES string of the molecule is CSc1ccccc1-c1ccccc1N(c1c2c(c(C(C)(C)C)c3c1C(C)(C)c1ccccc1-3)-c1ccccc1C2(C)C)c1cccc2ccccc12. The van der Waals surface area contributed by atoms with E-state index in [-0.39, 0.29) is 16.2 Å². The van der Waals surface area contributed by atoms with Crippen LogP contribution in [-0.4, -0.2) is 6.26 Å². The van der Waals surface area contributed by atoms with Crippen molar-refractivity contribution >= 4 is 39.6 Å². The molecular weight excluding hydrogens is 659 g/mol. The Labute approximate surface area is 319 Å². The molecular formula is C51H47NS. The average molecular weight is 706 g/mol. The van der Waals surface area contributed by atoms with Gasteiger partial charge in [-0.2, -0.15) is 0 Å². The number of nitrogens with zero attached hydrogens (tertiary/aromatic N) is 1. The van der Waals surface area contributed by atoms with Gasteiger partial charge in [-0.05, 0) is 90.9 Å². The van der Waals surface area contributed by atoms with Gasteiger partial charge in [0.1, 0.15) is 0 Å². The van der Waals surface area contributed by atoms with Crippen LogP contribution in [0.3, 0.4) is 0 Å². The molecule has 262 valence electrons. The summed E-state index contributed by atoms with van der Waals surface area (Å²) < 4.78 is 0. The van der Waals surface area contributed by atoms with Crippen molar-refractivity contribution in [3.8, 4) is 33.4 Å².